The SMILES string of the molecule is O=C(c1ccc2[nH]c(C(=O)N3CCCC3)cc2c1)N1CCN(C2CCCC2)CC1. The Balaban J connectivity index is 1.27. The zero-order valence-corrected chi connectivity index (χ0v) is 17.0. The number of rotatable bonds is 3. The Bertz CT molecular complexity index is 901. The van der Waals surface area contributed by atoms with Gasteiger partial charge in [-0.15, -0.1) is 0 Å². The molecule has 1 N–H and O–H groups in total. The highest BCUT2D eigenvalue weighted by atomic mass is 16.2. The summed E-state index contributed by atoms with van der Waals surface area (Å²) < 4.78 is 0. The Morgan fingerprint density at radius 3 is 2.21 bits per heavy atom. The van der Waals surface area contributed by atoms with Gasteiger partial charge in [0.25, 0.3) is 11.8 Å². The molecule has 0 bridgehead atoms. The molecule has 3 fully saturated rings. The van der Waals surface area contributed by atoms with E-state index in [0.29, 0.717) is 11.3 Å². The van der Waals surface area contributed by atoms with Crippen LogP contribution in [0.4, 0.5) is 0 Å². The molecule has 3 heterocycles. The van der Waals surface area contributed by atoms with Gasteiger partial charge in [0.2, 0.25) is 0 Å². The molecule has 154 valence electrons. The van der Waals surface area contributed by atoms with Gasteiger partial charge >= 0.3 is 0 Å². The fourth-order valence-electron chi connectivity index (χ4n) is 5.21. The van der Waals surface area contributed by atoms with Crippen LogP contribution in [0.1, 0.15) is 59.4 Å². The predicted octanol–water partition coefficient (Wildman–Crippen LogP) is 3.10. The summed E-state index contributed by atoms with van der Waals surface area (Å²) in [5.74, 6) is 0.168. The van der Waals surface area contributed by atoms with Gasteiger partial charge in [-0.25, -0.2) is 0 Å². The van der Waals surface area contributed by atoms with Crippen molar-refractivity contribution < 1.29 is 9.59 Å². The number of amides is 2. The van der Waals surface area contributed by atoms with Gasteiger partial charge in [-0.05, 0) is 49.9 Å². The van der Waals surface area contributed by atoms with E-state index in [0.717, 1.165) is 69.1 Å². The van der Waals surface area contributed by atoms with Crippen LogP contribution in [0.2, 0.25) is 0 Å². The number of piperazine rings is 1. The lowest BCUT2D eigenvalue weighted by molar-refractivity contribution is 0.0573. The van der Waals surface area contributed by atoms with Crippen molar-refractivity contribution in [3.63, 3.8) is 0 Å². The molecule has 2 aliphatic heterocycles. The molecule has 5 rings (SSSR count). The van der Waals surface area contributed by atoms with Crippen molar-refractivity contribution in [2.24, 2.45) is 0 Å². The zero-order chi connectivity index (χ0) is 19.8. The number of hydrogen-bond acceptors (Lipinski definition) is 3. The maximum atomic E-state index is 13.0. The second-order valence-electron chi connectivity index (χ2n) is 8.75. The van der Waals surface area contributed by atoms with Crippen LogP contribution in [-0.4, -0.2) is 76.8 Å². The van der Waals surface area contributed by atoms with Crippen molar-refractivity contribution in [2.75, 3.05) is 39.3 Å². The lowest BCUT2D eigenvalue weighted by atomic mass is 10.1. The molecule has 6 nitrogen and oxygen atoms in total. The van der Waals surface area contributed by atoms with Crippen molar-refractivity contribution in [1.29, 1.82) is 0 Å². The third-order valence-corrected chi connectivity index (χ3v) is 6.93. The van der Waals surface area contributed by atoms with Crippen molar-refractivity contribution in [3.05, 3.63) is 35.5 Å². The van der Waals surface area contributed by atoms with Crippen LogP contribution in [0.5, 0.6) is 0 Å². The van der Waals surface area contributed by atoms with Crippen LogP contribution >= 0.6 is 0 Å². The normalized spacial score (nSPS) is 21.4. The first-order valence-electron chi connectivity index (χ1n) is 11.1. The van der Waals surface area contributed by atoms with E-state index in [1.165, 1.54) is 25.7 Å². The van der Waals surface area contributed by atoms with Gasteiger partial charge in [0, 0.05) is 61.8 Å². The maximum absolute atomic E-state index is 13.0. The number of carbonyl (C=O) groups excluding carboxylic acids is 2. The second kappa shape index (κ2) is 7.82. The van der Waals surface area contributed by atoms with Crippen molar-refractivity contribution in [2.45, 2.75) is 44.6 Å². The van der Waals surface area contributed by atoms with E-state index >= 15 is 0 Å². The number of likely N-dealkylation sites (tertiary alicyclic amines) is 1. The molecule has 2 saturated heterocycles. The number of nitrogens with zero attached hydrogens (tertiary/aromatic N) is 3. The Morgan fingerprint density at radius 2 is 1.48 bits per heavy atom. The number of hydrogen-bond donors (Lipinski definition) is 1. The van der Waals surface area contributed by atoms with Crippen molar-refractivity contribution in [1.82, 2.24) is 19.7 Å². The second-order valence-corrected chi connectivity index (χ2v) is 8.75. The van der Waals surface area contributed by atoms with Crippen LogP contribution in [0.3, 0.4) is 0 Å². The number of benzene rings is 1. The van der Waals surface area contributed by atoms with E-state index in [-0.39, 0.29) is 11.8 Å². The fourth-order valence-corrected chi connectivity index (χ4v) is 5.21. The van der Waals surface area contributed by atoms with Gasteiger partial charge < -0.3 is 14.8 Å². The molecular weight excluding hydrogens is 364 g/mol. The van der Waals surface area contributed by atoms with Gasteiger partial charge in [-0.1, -0.05) is 12.8 Å². The van der Waals surface area contributed by atoms with E-state index < -0.39 is 0 Å². The molecule has 6 heteroatoms. The Labute approximate surface area is 171 Å². The first kappa shape index (κ1) is 18.7. The highest BCUT2D eigenvalue weighted by Crippen LogP contribution is 2.25. The highest BCUT2D eigenvalue weighted by molar-refractivity contribution is 6.01. The fraction of sp³-hybridized carbons (Fsp3) is 0.565. The van der Waals surface area contributed by atoms with Crippen LogP contribution in [-0.2, 0) is 0 Å². The Kier molecular flexibility index (Phi) is 5.04. The zero-order valence-electron chi connectivity index (χ0n) is 17.0. The van der Waals surface area contributed by atoms with Gasteiger partial charge in [-0.3, -0.25) is 14.5 Å². The molecule has 1 saturated carbocycles. The lowest BCUT2D eigenvalue weighted by Gasteiger charge is -2.38. The molecule has 3 aliphatic rings. The monoisotopic (exact) mass is 394 g/mol. The molecule has 1 aliphatic carbocycles. The van der Waals surface area contributed by atoms with Crippen LogP contribution in [0.15, 0.2) is 24.3 Å². The van der Waals surface area contributed by atoms with E-state index in [2.05, 4.69) is 9.88 Å². The number of fused-ring (bicyclic) bond motifs is 1. The lowest BCUT2D eigenvalue weighted by Crippen LogP contribution is -2.51. The third kappa shape index (κ3) is 3.66. The van der Waals surface area contributed by atoms with E-state index in [1.807, 2.05) is 34.1 Å². The summed E-state index contributed by atoms with van der Waals surface area (Å²) in [5.41, 5.74) is 2.25. The number of H-pyrrole nitrogens is 1. The molecule has 0 atom stereocenters. The molecular formula is C23H30N4O2. The average Bonchev–Trinajstić information content (AvgIpc) is 3.53. The first-order chi connectivity index (χ1) is 14.2. The van der Waals surface area contributed by atoms with Crippen molar-refractivity contribution >= 4 is 22.7 Å². The molecule has 29 heavy (non-hydrogen) atoms. The Hall–Kier alpha value is -2.34. The van der Waals surface area contributed by atoms with Gasteiger partial charge in [-0.2, -0.15) is 0 Å². The minimum Gasteiger partial charge on any atom is -0.351 e. The van der Waals surface area contributed by atoms with Crippen LogP contribution in [0.25, 0.3) is 10.9 Å². The van der Waals surface area contributed by atoms with Crippen molar-refractivity contribution in [3.8, 4) is 0 Å². The number of aromatic nitrogens is 1. The molecule has 1 aromatic carbocycles. The summed E-state index contributed by atoms with van der Waals surface area (Å²) in [6, 6.07) is 8.37. The largest absolute Gasteiger partial charge is 0.351 e. The number of aromatic amines is 1. The predicted molar refractivity (Wildman–Crippen MR) is 113 cm³/mol. The molecule has 0 spiro atoms. The summed E-state index contributed by atoms with van der Waals surface area (Å²) in [4.78, 5) is 35.4. The number of carbonyl (C=O) groups is 2. The Morgan fingerprint density at radius 1 is 0.793 bits per heavy atom. The van der Waals surface area contributed by atoms with Gasteiger partial charge in [0.1, 0.15) is 5.69 Å². The molecule has 1 aromatic heterocycles. The molecule has 2 amide bonds. The topological polar surface area (TPSA) is 59.7 Å². The van der Waals surface area contributed by atoms with E-state index in [1.54, 1.807) is 0 Å². The maximum Gasteiger partial charge on any atom is 0.270 e. The first-order valence-corrected chi connectivity index (χ1v) is 11.1. The van der Waals surface area contributed by atoms with Crippen LogP contribution < -0.4 is 0 Å². The highest BCUT2D eigenvalue weighted by Gasteiger charge is 2.28. The minimum atomic E-state index is 0.0645. The average molecular weight is 395 g/mol. The van der Waals surface area contributed by atoms with E-state index in [9.17, 15) is 9.59 Å². The molecule has 2 aromatic rings. The standard InChI is InChI=1S/C23H30N4O2/c28-22(27-13-11-25(12-14-27)19-5-1-2-6-19)17-7-8-20-18(15-17)16-21(24-20)23(29)26-9-3-4-10-26/h7-8,15-16,19,24H,1-6,9-14H2. The van der Waals surface area contributed by atoms with E-state index in [4.69, 9.17) is 0 Å². The molecule has 0 radical (unpaired) electrons. The van der Waals surface area contributed by atoms with Gasteiger partial charge in [0.15, 0.2) is 0 Å². The third-order valence-electron chi connectivity index (χ3n) is 6.93. The summed E-state index contributed by atoms with van der Waals surface area (Å²) in [6.45, 7) is 5.25. The summed E-state index contributed by atoms with van der Waals surface area (Å²) in [5, 5.41) is 0.933. The van der Waals surface area contributed by atoms with Crippen LogP contribution in [0, 0.1) is 0 Å². The quantitative estimate of drug-likeness (QED) is 0.870. The minimum absolute atomic E-state index is 0.0645. The summed E-state index contributed by atoms with van der Waals surface area (Å²) in [7, 11) is 0. The summed E-state index contributed by atoms with van der Waals surface area (Å²) >= 11 is 0. The number of nitrogens with one attached hydrogen (secondary N) is 1. The smallest absolute Gasteiger partial charge is 0.270 e. The summed E-state index contributed by atoms with van der Waals surface area (Å²) in [6.07, 6.45) is 7.50. The molecule has 0 unspecified atom stereocenters. The van der Waals surface area contributed by atoms with Gasteiger partial charge in [0.05, 0.1) is 0 Å².